The first kappa shape index (κ1) is 14.8. The van der Waals surface area contributed by atoms with Gasteiger partial charge in [0.1, 0.15) is 0 Å². The second kappa shape index (κ2) is 7.22. The van der Waals surface area contributed by atoms with Crippen molar-refractivity contribution in [2.24, 2.45) is 0 Å². The molecule has 0 spiro atoms. The maximum atomic E-state index is 11.9. The lowest BCUT2D eigenvalue weighted by atomic mass is 10.1. The van der Waals surface area contributed by atoms with E-state index in [9.17, 15) is 4.79 Å². The van der Waals surface area contributed by atoms with E-state index in [1.165, 1.54) is 0 Å². The molecule has 116 valence electrons. The molecule has 0 aliphatic carbocycles. The summed E-state index contributed by atoms with van der Waals surface area (Å²) < 4.78 is 0. The molecule has 0 saturated heterocycles. The molecule has 0 aliphatic rings. The third-order valence-electron chi connectivity index (χ3n) is 3.33. The highest BCUT2D eigenvalue weighted by Crippen LogP contribution is 2.20. The summed E-state index contributed by atoms with van der Waals surface area (Å²) in [5.41, 5.74) is 3.56. The van der Waals surface area contributed by atoms with Crippen LogP contribution >= 0.6 is 0 Å². The van der Waals surface area contributed by atoms with Gasteiger partial charge in [-0.15, -0.1) is 0 Å². The van der Waals surface area contributed by atoms with Crippen LogP contribution in [0.3, 0.4) is 0 Å². The van der Waals surface area contributed by atoms with Crippen LogP contribution in [0.5, 0.6) is 0 Å². The van der Waals surface area contributed by atoms with Crippen molar-refractivity contribution in [3.8, 4) is 11.3 Å². The number of benzene rings is 1. The lowest BCUT2D eigenvalue weighted by Gasteiger charge is -2.08. The van der Waals surface area contributed by atoms with Gasteiger partial charge in [0, 0.05) is 42.3 Å². The van der Waals surface area contributed by atoms with Crippen molar-refractivity contribution < 1.29 is 4.79 Å². The van der Waals surface area contributed by atoms with Crippen LogP contribution in [0.4, 0.5) is 10.5 Å². The van der Waals surface area contributed by atoms with Crippen LogP contribution < -0.4 is 10.6 Å². The van der Waals surface area contributed by atoms with Crippen molar-refractivity contribution in [2.75, 3.05) is 11.9 Å². The number of nitrogens with one attached hydrogen (secondary N) is 3. The van der Waals surface area contributed by atoms with Gasteiger partial charge in [-0.1, -0.05) is 18.2 Å². The van der Waals surface area contributed by atoms with Crippen LogP contribution in [0.25, 0.3) is 11.3 Å². The largest absolute Gasteiger partial charge is 0.337 e. The maximum Gasteiger partial charge on any atom is 0.319 e. The zero-order valence-electron chi connectivity index (χ0n) is 12.5. The summed E-state index contributed by atoms with van der Waals surface area (Å²) in [6, 6.07) is 15.0. The molecule has 0 atom stereocenters. The second-order valence-corrected chi connectivity index (χ2v) is 5.00. The highest BCUT2D eigenvalue weighted by molar-refractivity contribution is 5.90. The Morgan fingerprint density at radius 1 is 1.09 bits per heavy atom. The average Bonchev–Trinajstić information content (AvgIpc) is 3.11. The minimum Gasteiger partial charge on any atom is -0.337 e. The van der Waals surface area contributed by atoms with E-state index >= 15 is 0 Å². The van der Waals surface area contributed by atoms with E-state index in [1.807, 2.05) is 48.5 Å². The molecule has 23 heavy (non-hydrogen) atoms. The predicted octanol–water partition coefficient (Wildman–Crippen LogP) is 2.84. The number of hydrogen-bond donors (Lipinski definition) is 3. The standard InChI is InChI=1S/C17H17N5O/c23-17(19-10-7-14-5-1-2-9-18-14)21-15-6-3-4-13(12-15)16-8-11-20-22-16/h1-6,8-9,11-12H,7,10H2,(H,20,22)(H2,19,21,23). The summed E-state index contributed by atoms with van der Waals surface area (Å²) in [7, 11) is 0. The van der Waals surface area contributed by atoms with Gasteiger partial charge < -0.3 is 10.6 Å². The second-order valence-electron chi connectivity index (χ2n) is 5.00. The number of urea groups is 1. The van der Waals surface area contributed by atoms with Gasteiger partial charge >= 0.3 is 6.03 Å². The maximum absolute atomic E-state index is 11.9. The summed E-state index contributed by atoms with van der Waals surface area (Å²) in [6.07, 6.45) is 4.14. The fourth-order valence-corrected chi connectivity index (χ4v) is 2.21. The van der Waals surface area contributed by atoms with Crippen molar-refractivity contribution in [2.45, 2.75) is 6.42 Å². The van der Waals surface area contributed by atoms with Crippen LogP contribution in [-0.4, -0.2) is 27.8 Å². The van der Waals surface area contributed by atoms with E-state index in [0.29, 0.717) is 13.0 Å². The average molecular weight is 307 g/mol. The SMILES string of the molecule is O=C(NCCc1ccccn1)Nc1cccc(-c2ccn[nH]2)c1. The molecular formula is C17H17N5O. The highest BCUT2D eigenvalue weighted by Gasteiger charge is 2.04. The topological polar surface area (TPSA) is 82.7 Å². The molecule has 0 saturated carbocycles. The first-order valence-corrected chi connectivity index (χ1v) is 7.36. The number of carbonyl (C=O) groups excluding carboxylic acids is 1. The van der Waals surface area contributed by atoms with Crippen molar-refractivity contribution in [3.05, 3.63) is 66.6 Å². The molecule has 3 aromatic rings. The number of aromatic nitrogens is 3. The molecular weight excluding hydrogens is 290 g/mol. The minimum absolute atomic E-state index is 0.234. The van der Waals surface area contributed by atoms with Gasteiger partial charge in [0.05, 0.1) is 5.69 Å². The molecule has 2 heterocycles. The number of rotatable bonds is 5. The van der Waals surface area contributed by atoms with E-state index in [0.717, 1.165) is 22.6 Å². The summed E-state index contributed by atoms with van der Waals surface area (Å²) >= 11 is 0. The van der Waals surface area contributed by atoms with Crippen LogP contribution in [0, 0.1) is 0 Å². The minimum atomic E-state index is -0.234. The van der Waals surface area contributed by atoms with Crippen LogP contribution in [-0.2, 0) is 6.42 Å². The van der Waals surface area contributed by atoms with Gasteiger partial charge in [0.2, 0.25) is 0 Å². The van der Waals surface area contributed by atoms with E-state index in [4.69, 9.17) is 0 Å². The van der Waals surface area contributed by atoms with Crippen molar-refractivity contribution >= 4 is 11.7 Å². The van der Waals surface area contributed by atoms with E-state index in [2.05, 4.69) is 25.8 Å². The quantitative estimate of drug-likeness (QED) is 0.678. The third kappa shape index (κ3) is 4.16. The summed E-state index contributed by atoms with van der Waals surface area (Å²) in [6.45, 7) is 0.531. The van der Waals surface area contributed by atoms with Gasteiger partial charge in [-0.05, 0) is 30.3 Å². The molecule has 2 amide bonds. The number of aromatic amines is 1. The van der Waals surface area contributed by atoms with E-state index in [-0.39, 0.29) is 6.03 Å². The van der Waals surface area contributed by atoms with Crippen LogP contribution in [0.2, 0.25) is 0 Å². The monoisotopic (exact) mass is 307 g/mol. The number of anilines is 1. The van der Waals surface area contributed by atoms with Crippen molar-refractivity contribution in [1.29, 1.82) is 0 Å². The van der Waals surface area contributed by atoms with E-state index < -0.39 is 0 Å². The molecule has 6 nitrogen and oxygen atoms in total. The number of nitrogens with zero attached hydrogens (tertiary/aromatic N) is 2. The van der Waals surface area contributed by atoms with Gasteiger partial charge in [-0.2, -0.15) is 5.10 Å². The number of pyridine rings is 1. The Bertz CT molecular complexity index is 756. The Kier molecular flexibility index (Phi) is 4.63. The highest BCUT2D eigenvalue weighted by atomic mass is 16.2. The van der Waals surface area contributed by atoms with Gasteiger partial charge in [-0.25, -0.2) is 4.79 Å². The lowest BCUT2D eigenvalue weighted by molar-refractivity contribution is 0.252. The fraction of sp³-hybridized carbons (Fsp3) is 0.118. The molecule has 1 aromatic carbocycles. The Morgan fingerprint density at radius 2 is 2.04 bits per heavy atom. The molecule has 3 N–H and O–H groups in total. The number of hydrogen-bond acceptors (Lipinski definition) is 3. The summed E-state index contributed by atoms with van der Waals surface area (Å²) in [5.74, 6) is 0. The number of carbonyl (C=O) groups is 1. The van der Waals surface area contributed by atoms with Crippen LogP contribution in [0.15, 0.2) is 60.9 Å². The normalized spacial score (nSPS) is 10.3. The molecule has 3 rings (SSSR count). The first-order valence-electron chi connectivity index (χ1n) is 7.36. The Hall–Kier alpha value is -3.15. The molecule has 6 heteroatoms. The lowest BCUT2D eigenvalue weighted by Crippen LogP contribution is -2.30. The smallest absolute Gasteiger partial charge is 0.319 e. The van der Waals surface area contributed by atoms with Crippen molar-refractivity contribution in [3.63, 3.8) is 0 Å². The number of H-pyrrole nitrogens is 1. The van der Waals surface area contributed by atoms with Crippen molar-refractivity contribution in [1.82, 2.24) is 20.5 Å². The predicted molar refractivity (Wildman–Crippen MR) is 89.0 cm³/mol. The zero-order chi connectivity index (χ0) is 15.9. The zero-order valence-corrected chi connectivity index (χ0v) is 12.5. The summed E-state index contributed by atoms with van der Waals surface area (Å²) in [4.78, 5) is 16.2. The molecule has 2 aromatic heterocycles. The molecule has 0 unspecified atom stereocenters. The Balaban J connectivity index is 1.53. The molecule has 0 aliphatic heterocycles. The van der Waals surface area contributed by atoms with Gasteiger partial charge in [0.15, 0.2) is 0 Å². The third-order valence-corrected chi connectivity index (χ3v) is 3.33. The van der Waals surface area contributed by atoms with E-state index in [1.54, 1.807) is 12.4 Å². The fourth-order valence-electron chi connectivity index (χ4n) is 2.21. The Morgan fingerprint density at radius 3 is 2.83 bits per heavy atom. The molecule has 0 bridgehead atoms. The van der Waals surface area contributed by atoms with Crippen LogP contribution in [0.1, 0.15) is 5.69 Å². The van der Waals surface area contributed by atoms with Gasteiger partial charge in [0.25, 0.3) is 0 Å². The molecule has 0 radical (unpaired) electrons. The van der Waals surface area contributed by atoms with Gasteiger partial charge in [-0.3, -0.25) is 10.1 Å². The summed E-state index contributed by atoms with van der Waals surface area (Å²) in [5, 5.41) is 12.5. The molecule has 0 fully saturated rings. The first-order chi connectivity index (χ1) is 11.3. The number of amides is 2. The Labute approximate surface area is 134 Å².